The van der Waals surface area contributed by atoms with Gasteiger partial charge >= 0.3 is 5.97 Å². The molecule has 2 rings (SSSR count). The maximum atomic E-state index is 12.0. The Balaban J connectivity index is 1.97. The Labute approximate surface area is 162 Å². The summed E-state index contributed by atoms with van der Waals surface area (Å²) < 4.78 is 15.6. The average molecular weight is 392 g/mol. The number of rotatable bonds is 9. The number of methoxy groups -OCH3 is 2. The highest BCUT2D eigenvalue weighted by molar-refractivity contribution is 7.13. The molecule has 0 unspecified atom stereocenters. The monoisotopic (exact) mass is 392 g/mol. The van der Waals surface area contributed by atoms with Crippen molar-refractivity contribution in [2.24, 2.45) is 0 Å². The predicted octanol–water partition coefficient (Wildman–Crippen LogP) is 2.78. The van der Waals surface area contributed by atoms with Gasteiger partial charge < -0.3 is 19.1 Å². The van der Waals surface area contributed by atoms with Crippen LogP contribution in [0.5, 0.6) is 11.5 Å². The minimum absolute atomic E-state index is 0.0231. The van der Waals surface area contributed by atoms with E-state index in [9.17, 15) is 9.59 Å². The minimum atomic E-state index is -0.473. The number of esters is 1. The lowest BCUT2D eigenvalue weighted by Gasteiger charge is -2.18. The van der Waals surface area contributed by atoms with Crippen LogP contribution in [0.3, 0.4) is 0 Å². The molecule has 0 atom stereocenters. The second kappa shape index (κ2) is 9.91. The Hall–Kier alpha value is -2.61. The van der Waals surface area contributed by atoms with Gasteiger partial charge in [-0.05, 0) is 32.0 Å². The molecule has 0 spiro atoms. The molecular weight excluding hydrogens is 368 g/mol. The fourth-order valence-electron chi connectivity index (χ4n) is 2.50. The zero-order valence-corrected chi connectivity index (χ0v) is 16.8. The first-order valence-corrected chi connectivity index (χ1v) is 9.50. The summed E-state index contributed by atoms with van der Waals surface area (Å²) in [5, 5.41) is 2.57. The number of nitrogens with zero attached hydrogens (tertiary/aromatic N) is 2. The molecule has 1 aromatic heterocycles. The van der Waals surface area contributed by atoms with E-state index < -0.39 is 5.97 Å². The Kier molecular flexibility index (Phi) is 7.60. The number of likely N-dealkylation sites (N-methyl/N-ethyl adjacent to an activating group) is 1. The first-order chi connectivity index (χ1) is 13.0. The lowest BCUT2D eigenvalue weighted by atomic mass is 10.2. The summed E-state index contributed by atoms with van der Waals surface area (Å²) in [6, 6.07) is 5.52. The van der Waals surface area contributed by atoms with E-state index in [1.165, 1.54) is 11.3 Å². The van der Waals surface area contributed by atoms with Gasteiger partial charge in [0.2, 0.25) is 0 Å². The van der Waals surface area contributed by atoms with Crippen molar-refractivity contribution in [3.05, 3.63) is 29.3 Å². The van der Waals surface area contributed by atoms with Gasteiger partial charge in [-0.25, -0.2) is 4.98 Å². The number of ether oxygens (including phenoxy) is 3. The van der Waals surface area contributed by atoms with Gasteiger partial charge in [0.25, 0.3) is 5.91 Å². The normalized spacial score (nSPS) is 10.4. The molecule has 0 saturated heterocycles. The number of amides is 1. The first kappa shape index (κ1) is 20.7. The molecule has 0 aliphatic rings. The lowest BCUT2D eigenvalue weighted by molar-refractivity contribution is -0.151. The summed E-state index contributed by atoms with van der Waals surface area (Å²) in [6.45, 7) is 4.71. The van der Waals surface area contributed by atoms with Gasteiger partial charge in [-0.3, -0.25) is 9.59 Å². The second-order valence-corrected chi connectivity index (χ2v) is 6.48. The Morgan fingerprint density at radius 1 is 1.11 bits per heavy atom. The summed E-state index contributed by atoms with van der Waals surface area (Å²) >= 11 is 1.42. The maximum Gasteiger partial charge on any atom is 0.312 e. The Morgan fingerprint density at radius 2 is 1.81 bits per heavy atom. The smallest absolute Gasteiger partial charge is 0.312 e. The Bertz CT molecular complexity index is 786. The number of hydrogen-bond acceptors (Lipinski definition) is 7. The minimum Gasteiger partial charge on any atom is -0.493 e. The van der Waals surface area contributed by atoms with Crippen LogP contribution in [0.1, 0.15) is 19.5 Å². The lowest BCUT2D eigenvalue weighted by Crippen LogP contribution is -2.34. The van der Waals surface area contributed by atoms with Gasteiger partial charge in [0.15, 0.2) is 18.1 Å². The van der Waals surface area contributed by atoms with Gasteiger partial charge in [0.05, 0.1) is 26.3 Å². The number of aromatic nitrogens is 1. The zero-order chi connectivity index (χ0) is 19.8. The van der Waals surface area contributed by atoms with E-state index in [1.807, 2.05) is 32.0 Å². The summed E-state index contributed by atoms with van der Waals surface area (Å²) in [6.07, 6.45) is 0.0231. The molecule has 1 heterocycles. The molecule has 0 fully saturated rings. The molecule has 7 nitrogen and oxygen atoms in total. The van der Waals surface area contributed by atoms with Crippen LogP contribution in [0.15, 0.2) is 23.6 Å². The predicted molar refractivity (Wildman–Crippen MR) is 103 cm³/mol. The topological polar surface area (TPSA) is 78.0 Å². The molecule has 146 valence electrons. The number of hydrogen-bond donors (Lipinski definition) is 0. The van der Waals surface area contributed by atoms with E-state index in [2.05, 4.69) is 4.98 Å². The summed E-state index contributed by atoms with van der Waals surface area (Å²) in [5.74, 6) is 0.581. The van der Waals surface area contributed by atoms with Crippen LogP contribution in [0, 0.1) is 0 Å². The van der Waals surface area contributed by atoms with E-state index in [4.69, 9.17) is 14.2 Å². The highest BCUT2D eigenvalue weighted by Gasteiger charge is 2.15. The number of benzene rings is 1. The van der Waals surface area contributed by atoms with Crippen LogP contribution in [0.4, 0.5) is 0 Å². The van der Waals surface area contributed by atoms with E-state index in [-0.39, 0.29) is 18.9 Å². The highest BCUT2D eigenvalue weighted by Crippen LogP contribution is 2.33. The molecule has 0 aliphatic heterocycles. The molecule has 2 aromatic rings. The largest absolute Gasteiger partial charge is 0.493 e. The van der Waals surface area contributed by atoms with Crippen molar-refractivity contribution in [1.29, 1.82) is 0 Å². The van der Waals surface area contributed by atoms with Crippen LogP contribution in [0.2, 0.25) is 0 Å². The van der Waals surface area contributed by atoms with Crippen LogP contribution in [-0.4, -0.2) is 55.7 Å². The summed E-state index contributed by atoms with van der Waals surface area (Å²) in [4.78, 5) is 29.9. The third kappa shape index (κ3) is 5.43. The quantitative estimate of drug-likeness (QED) is 0.611. The van der Waals surface area contributed by atoms with Crippen molar-refractivity contribution in [2.75, 3.05) is 33.9 Å². The van der Waals surface area contributed by atoms with Crippen LogP contribution in [0.25, 0.3) is 10.6 Å². The second-order valence-electron chi connectivity index (χ2n) is 5.62. The van der Waals surface area contributed by atoms with E-state index >= 15 is 0 Å². The number of carbonyl (C=O) groups excluding carboxylic acids is 2. The highest BCUT2D eigenvalue weighted by atomic mass is 32.1. The van der Waals surface area contributed by atoms with Gasteiger partial charge in [-0.15, -0.1) is 11.3 Å². The third-order valence-corrected chi connectivity index (χ3v) is 4.92. The van der Waals surface area contributed by atoms with Gasteiger partial charge in [-0.1, -0.05) is 0 Å². The molecule has 0 aliphatic carbocycles. The van der Waals surface area contributed by atoms with Crippen molar-refractivity contribution in [1.82, 2.24) is 9.88 Å². The molecule has 8 heteroatoms. The third-order valence-electron chi connectivity index (χ3n) is 3.98. The number of carbonyl (C=O) groups is 2. The summed E-state index contributed by atoms with van der Waals surface area (Å²) in [7, 11) is 3.15. The first-order valence-electron chi connectivity index (χ1n) is 8.62. The van der Waals surface area contributed by atoms with Crippen LogP contribution >= 0.6 is 11.3 Å². The maximum absolute atomic E-state index is 12.0. The fraction of sp³-hybridized carbons (Fsp3) is 0.421. The van der Waals surface area contributed by atoms with E-state index in [0.717, 1.165) is 10.6 Å². The molecule has 1 aromatic carbocycles. The van der Waals surface area contributed by atoms with Crippen molar-refractivity contribution < 1.29 is 23.8 Å². The average Bonchev–Trinajstić information content (AvgIpc) is 3.15. The van der Waals surface area contributed by atoms with Gasteiger partial charge in [-0.2, -0.15) is 0 Å². The van der Waals surface area contributed by atoms with Gasteiger partial charge in [0.1, 0.15) is 5.01 Å². The molecule has 27 heavy (non-hydrogen) atoms. The molecule has 1 amide bonds. The molecule has 0 radical (unpaired) electrons. The van der Waals surface area contributed by atoms with Crippen LogP contribution in [-0.2, 0) is 20.7 Å². The van der Waals surface area contributed by atoms with Crippen LogP contribution < -0.4 is 9.47 Å². The standard InChI is InChI=1S/C19H24N2O5S/c1-5-21(6-2)17(22)11-26-18(23)10-14-12-27-19(20-14)13-7-8-15(24-3)16(9-13)25-4/h7-9,12H,5-6,10-11H2,1-4H3. The van der Waals surface area contributed by atoms with E-state index in [0.29, 0.717) is 30.3 Å². The van der Waals surface area contributed by atoms with Gasteiger partial charge in [0, 0.05) is 24.0 Å². The van der Waals surface area contributed by atoms with Crippen molar-refractivity contribution in [3.8, 4) is 22.1 Å². The van der Waals surface area contributed by atoms with Crippen molar-refractivity contribution in [3.63, 3.8) is 0 Å². The SMILES string of the molecule is CCN(CC)C(=O)COC(=O)Cc1csc(-c2ccc(OC)c(OC)c2)n1. The summed E-state index contributed by atoms with van der Waals surface area (Å²) in [5.41, 5.74) is 1.47. The van der Waals surface area contributed by atoms with Crippen molar-refractivity contribution in [2.45, 2.75) is 20.3 Å². The molecule has 0 N–H and O–H groups in total. The fourth-order valence-corrected chi connectivity index (χ4v) is 3.32. The van der Waals surface area contributed by atoms with E-state index in [1.54, 1.807) is 24.5 Å². The van der Waals surface area contributed by atoms with Crippen molar-refractivity contribution >= 4 is 23.2 Å². The molecule has 0 saturated carbocycles. The molecule has 0 bridgehead atoms. The zero-order valence-electron chi connectivity index (χ0n) is 16.0. The molecular formula is C19H24N2O5S. The Morgan fingerprint density at radius 3 is 2.44 bits per heavy atom. The number of thiazole rings is 1.